The number of aromatic nitrogens is 3. The summed E-state index contributed by atoms with van der Waals surface area (Å²) in [4.78, 5) is 17.0. The third-order valence-electron chi connectivity index (χ3n) is 6.12. The van der Waals surface area contributed by atoms with Crippen LogP contribution in [0.25, 0.3) is 21.3 Å². The number of hydrogen-bond donors (Lipinski definition) is 1. The Kier molecular flexibility index (Phi) is 4.69. The van der Waals surface area contributed by atoms with Crippen LogP contribution in [-0.4, -0.2) is 50.5 Å². The first-order valence-corrected chi connectivity index (χ1v) is 12.1. The molecule has 10 nitrogen and oxygen atoms in total. The van der Waals surface area contributed by atoms with Gasteiger partial charge in [-0.15, -0.1) is 0 Å². The van der Waals surface area contributed by atoms with Crippen LogP contribution < -0.4 is 4.90 Å². The monoisotopic (exact) mass is 473 g/mol. The summed E-state index contributed by atoms with van der Waals surface area (Å²) >= 11 is 1.51. The quantitative estimate of drug-likeness (QED) is 0.340. The van der Waals surface area contributed by atoms with Gasteiger partial charge in [0.2, 0.25) is 0 Å². The zero-order valence-electron chi connectivity index (χ0n) is 17.0. The average Bonchev–Trinajstić information content (AvgIpc) is 3.31. The number of hydrogen-bond acceptors (Lipinski definition) is 8. The molecule has 12 heteroatoms. The van der Waals surface area contributed by atoms with Gasteiger partial charge in [0, 0.05) is 43.9 Å². The van der Waals surface area contributed by atoms with Crippen molar-refractivity contribution < 1.29 is 17.9 Å². The van der Waals surface area contributed by atoms with E-state index in [2.05, 4.69) is 16.1 Å². The number of nitrogens with zero attached hydrogens (tertiary/aromatic N) is 5. The van der Waals surface area contributed by atoms with Gasteiger partial charge >= 0.3 is 0 Å². The van der Waals surface area contributed by atoms with Crippen LogP contribution in [0, 0.1) is 16.0 Å². The molecule has 0 radical (unpaired) electrons. The van der Waals surface area contributed by atoms with Crippen molar-refractivity contribution in [2.24, 2.45) is 13.0 Å². The van der Waals surface area contributed by atoms with Crippen LogP contribution in [0.5, 0.6) is 0 Å². The summed E-state index contributed by atoms with van der Waals surface area (Å²) < 4.78 is 35.6. The van der Waals surface area contributed by atoms with Gasteiger partial charge in [0.15, 0.2) is 5.13 Å². The Balaban J connectivity index is 1.37. The first-order chi connectivity index (χ1) is 15.2. The lowest BCUT2D eigenvalue weighted by molar-refractivity contribution is -0.419. The summed E-state index contributed by atoms with van der Waals surface area (Å²) in [5.74, 6) is -0.406. The number of thiazole rings is 1. The molecule has 2 aromatic heterocycles. The summed E-state index contributed by atoms with van der Waals surface area (Å²) in [7, 11) is -2.60. The summed E-state index contributed by atoms with van der Waals surface area (Å²) in [6, 6.07) is 5.99. The van der Waals surface area contributed by atoms with Gasteiger partial charge < -0.3 is 4.90 Å². The standard InChI is InChI=1S/C20H19N5O5S2/c1-23-10-14(9-21-23)13-2-3-17-18(8-13)31-19(22-17)24-11-15(12-24)20(32(28,29)30)6-4-16(5-7-20)25(26)27/h2-6,8-10,15H,7,11-12H2,1H3,(H,28,29,30). The van der Waals surface area contributed by atoms with Crippen molar-refractivity contribution in [2.45, 2.75) is 11.2 Å². The molecule has 0 amide bonds. The van der Waals surface area contributed by atoms with Crippen molar-refractivity contribution in [2.75, 3.05) is 18.0 Å². The topological polar surface area (TPSA) is 131 Å². The SMILES string of the molecule is Cn1cc(-c2ccc3nc(N4CC(C5(S(=O)(=O)O)C=CC([N+](=O)[O-])=CC5)C4)sc3c2)cn1. The van der Waals surface area contributed by atoms with Gasteiger partial charge in [0.05, 0.1) is 21.3 Å². The van der Waals surface area contributed by atoms with Gasteiger partial charge in [0.25, 0.3) is 15.8 Å². The minimum absolute atomic E-state index is 0.133. The molecular weight excluding hydrogens is 454 g/mol. The molecule has 1 saturated heterocycles. The smallest absolute Gasteiger partial charge is 0.275 e. The highest BCUT2D eigenvalue weighted by Gasteiger charge is 2.53. The largest absolute Gasteiger partial charge is 0.347 e. The average molecular weight is 474 g/mol. The fraction of sp³-hybridized carbons (Fsp3) is 0.300. The maximum Gasteiger partial charge on any atom is 0.275 e. The molecule has 32 heavy (non-hydrogen) atoms. The molecule has 0 bridgehead atoms. The van der Waals surface area contributed by atoms with Crippen molar-refractivity contribution in [1.29, 1.82) is 0 Å². The van der Waals surface area contributed by atoms with Crippen molar-refractivity contribution >= 4 is 36.8 Å². The Hall–Kier alpha value is -3.09. The predicted molar refractivity (Wildman–Crippen MR) is 121 cm³/mol. The van der Waals surface area contributed by atoms with E-state index >= 15 is 0 Å². The molecule has 1 aromatic carbocycles. The Bertz CT molecular complexity index is 1400. The molecule has 1 aliphatic heterocycles. The van der Waals surface area contributed by atoms with Gasteiger partial charge in [0.1, 0.15) is 4.75 Å². The van der Waals surface area contributed by atoms with E-state index in [0.29, 0.717) is 13.1 Å². The number of fused-ring (bicyclic) bond motifs is 1. The lowest BCUT2D eigenvalue weighted by Crippen LogP contribution is -2.60. The van der Waals surface area contributed by atoms with E-state index in [1.807, 2.05) is 30.3 Å². The van der Waals surface area contributed by atoms with Crippen LogP contribution in [-0.2, 0) is 17.2 Å². The van der Waals surface area contributed by atoms with E-state index in [1.165, 1.54) is 23.5 Å². The molecule has 1 aliphatic carbocycles. The lowest BCUT2D eigenvalue weighted by atomic mass is 9.80. The van der Waals surface area contributed by atoms with Gasteiger partial charge in [-0.1, -0.05) is 23.5 Å². The Labute approximate surface area is 187 Å². The second-order valence-electron chi connectivity index (χ2n) is 8.04. The predicted octanol–water partition coefficient (Wildman–Crippen LogP) is 2.88. The zero-order valence-corrected chi connectivity index (χ0v) is 18.6. The molecule has 0 spiro atoms. The summed E-state index contributed by atoms with van der Waals surface area (Å²) in [6.07, 6.45) is 7.29. The molecule has 5 rings (SSSR count). The molecule has 166 valence electrons. The fourth-order valence-corrected chi connectivity index (χ4v) is 6.34. The summed E-state index contributed by atoms with van der Waals surface area (Å²) in [5, 5.41) is 15.9. The van der Waals surface area contributed by atoms with E-state index < -0.39 is 25.7 Å². The Morgan fingerprint density at radius 1 is 1.31 bits per heavy atom. The molecule has 1 unspecified atom stereocenters. The number of allylic oxidation sites excluding steroid dienone is 2. The van der Waals surface area contributed by atoms with Crippen LogP contribution in [0.1, 0.15) is 6.42 Å². The van der Waals surface area contributed by atoms with Crippen LogP contribution in [0.2, 0.25) is 0 Å². The second-order valence-corrected chi connectivity index (χ2v) is 10.8. The molecule has 3 aromatic rings. The number of aryl methyl sites for hydroxylation is 1. The number of benzene rings is 1. The van der Waals surface area contributed by atoms with Gasteiger partial charge in [-0.2, -0.15) is 13.5 Å². The third kappa shape index (κ3) is 3.31. The van der Waals surface area contributed by atoms with E-state index in [-0.39, 0.29) is 12.1 Å². The van der Waals surface area contributed by atoms with E-state index in [1.54, 1.807) is 10.9 Å². The van der Waals surface area contributed by atoms with Gasteiger partial charge in [-0.05, 0) is 30.2 Å². The van der Waals surface area contributed by atoms with E-state index in [0.717, 1.165) is 32.6 Å². The van der Waals surface area contributed by atoms with Crippen LogP contribution in [0.3, 0.4) is 0 Å². The zero-order chi connectivity index (χ0) is 22.7. The summed E-state index contributed by atoms with van der Waals surface area (Å²) in [6.45, 7) is 0.752. The minimum Gasteiger partial charge on any atom is -0.347 e. The van der Waals surface area contributed by atoms with Crippen LogP contribution in [0.15, 0.2) is 54.5 Å². The van der Waals surface area contributed by atoms with Gasteiger partial charge in [-0.25, -0.2) is 4.98 Å². The van der Waals surface area contributed by atoms with E-state index in [4.69, 9.17) is 0 Å². The number of rotatable bonds is 5. The van der Waals surface area contributed by atoms with E-state index in [9.17, 15) is 23.1 Å². The van der Waals surface area contributed by atoms with Crippen molar-refractivity contribution in [3.8, 4) is 11.1 Å². The highest BCUT2D eigenvalue weighted by molar-refractivity contribution is 7.87. The number of anilines is 1. The second kappa shape index (κ2) is 7.22. The van der Waals surface area contributed by atoms with Crippen molar-refractivity contribution in [1.82, 2.24) is 14.8 Å². The maximum absolute atomic E-state index is 12.2. The normalized spacial score (nSPS) is 21.6. The van der Waals surface area contributed by atoms with Gasteiger partial charge in [-0.3, -0.25) is 19.3 Å². The highest BCUT2D eigenvalue weighted by Crippen LogP contribution is 2.43. The maximum atomic E-state index is 12.2. The third-order valence-corrected chi connectivity index (χ3v) is 8.79. The summed E-state index contributed by atoms with van der Waals surface area (Å²) in [5.41, 5.74) is 2.72. The highest BCUT2D eigenvalue weighted by atomic mass is 32.2. The molecular formula is C20H19N5O5S2. The molecule has 1 atom stereocenters. The first-order valence-electron chi connectivity index (χ1n) is 9.82. The Morgan fingerprint density at radius 3 is 2.69 bits per heavy atom. The van der Waals surface area contributed by atoms with Crippen molar-refractivity contribution in [3.05, 3.63) is 64.6 Å². The molecule has 1 fully saturated rings. The number of nitro groups is 1. The lowest BCUT2D eigenvalue weighted by Gasteiger charge is -2.47. The molecule has 0 saturated carbocycles. The van der Waals surface area contributed by atoms with Crippen LogP contribution in [0.4, 0.5) is 5.13 Å². The first kappa shape index (κ1) is 20.8. The molecule has 1 N–H and O–H groups in total. The minimum atomic E-state index is -4.47. The fourth-order valence-electron chi connectivity index (χ4n) is 4.21. The molecule has 3 heterocycles. The van der Waals surface area contributed by atoms with Crippen molar-refractivity contribution in [3.63, 3.8) is 0 Å². The Morgan fingerprint density at radius 2 is 2.09 bits per heavy atom. The van der Waals surface area contributed by atoms with Crippen LogP contribution >= 0.6 is 11.3 Å². The molecule has 2 aliphatic rings.